The number of nitrogens with zero attached hydrogens (tertiary/aromatic N) is 1. The van der Waals surface area contributed by atoms with E-state index in [9.17, 15) is 0 Å². The lowest BCUT2D eigenvalue weighted by molar-refractivity contribution is 0.0322. The first-order valence-electron chi connectivity index (χ1n) is 8.07. The highest BCUT2D eigenvalue weighted by molar-refractivity contribution is 4.90. The Morgan fingerprint density at radius 1 is 1.11 bits per heavy atom. The lowest BCUT2D eigenvalue weighted by Gasteiger charge is -2.47. The molecule has 0 aromatic carbocycles. The van der Waals surface area contributed by atoms with Gasteiger partial charge in [-0.2, -0.15) is 0 Å². The van der Waals surface area contributed by atoms with Crippen molar-refractivity contribution in [1.29, 1.82) is 0 Å². The van der Waals surface area contributed by atoms with Gasteiger partial charge in [0.2, 0.25) is 0 Å². The Morgan fingerprint density at radius 2 is 1.83 bits per heavy atom. The fourth-order valence-corrected chi connectivity index (χ4v) is 3.99. The molecule has 0 aromatic rings. The van der Waals surface area contributed by atoms with E-state index < -0.39 is 0 Å². The molecule has 2 nitrogen and oxygen atoms in total. The van der Waals surface area contributed by atoms with Crippen molar-refractivity contribution in [3.63, 3.8) is 0 Å². The lowest BCUT2D eigenvalue weighted by Crippen LogP contribution is -2.51. The zero-order valence-corrected chi connectivity index (χ0v) is 12.7. The van der Waals surface area contributed by atoms with Crippen LogP contribution in [0.4, 0.5) is 0 Å². The maximum atomic E-state index is 3.52. The minimum atomic E-state index is 0.412. The lowest BCUT2D eigenvalue weighted by atomic mass is 9.77. The highest BCUT2D eigenvalue weighted by Crippen LogP contribution is 2.36. The summed E-state index contributed by atoms with van der Waals surface area (Å²) in [6, 6.07) is 0.911. The summed E-state index contributed by atoms with van der Waals surface area (Å²) in [6.45, 7) is 11.9. The summed E-state index contributed by atoms with van der Waals surface area (Å²) in [4.78, 5) is 2.82. The monoisotopic (exact) mass is 252 g/mol. The molecular weight excluding hydrogens is 220 g/mol. The SMILES string of the molecule is CCNCC(C)(C)CN1CCCC2CCCCC21. The fourth-order valence-electron chi connectivity index (χ4n) is 3.99. The van der Waals surface area contributed by atoms with Gasteiger partial charge in [-0.25, -0.2) is 0 Å². The summed E-state index contributed by atoms with van der Waals surface area (Å²) in [6.07, 6.45) is 8.82. The van der Waals surface area contributed by atoms with Crippen LogP contribution in [0.25, 0.3) is 0 Å². The minimum absolute atomic E-state index is 0.412. The van der Waals surface area contributed by atoms with Gasteiger partial charge in [-0.1, -0.05) is 33.6 Å². The number of hydrogen-bond donors (Lipinski definition) is 1. The number of likely N-dealkylation sites (tertiary alicyclic amines) is 1. The van der Waals surface area contributed by atoms with Gasteiger partial charge in [0.15, 0.2) is 0 Å². The second-order valence-corrected chi connectivity index (χ2v) is 7.17. The Kier molecular flexibility index (Phi) is 5.08. The molecule has 2 aliphatic rings. The number of piperidine rings is 1. The van der Waals surface area contributed by atoms with Gasteiger partial charge in [-0.15, -0.1) is 0 Å². The number of hydrogen-bond acceptors (Lipinski definition) is 2. The Bertz CT molecular complexity index is 247. The molecule has 18 heavy (non-hydrogen) atoms. The maximum Gasteiger partial charge on any atom is 0.0124 e. The third-order valence-corrected chi connectivity index (χ3v) is 4.84. The molecule has 2 atom stereocenters. The Morgan fingerprint density at radius 3 is 2.61 bits per heavy atom. The molecule has 2 fully saturated rings. The van der Waals surface area contributed by atoms with Crippen LogP contribution in [0.3, 0.4) is 0 Å². The molecule has 1 N–H and O–H groups in total. The quantitative estimate of drug-likeness (QED) is 0.808. The second kappa shape index (κ2) is 6.38. The molecule has 0 aromatic heterocycles. The van der Waals surface area contributed by atoms with Crippen LogP contribution in [-0.4, -0.2) is 37.1 Å². The van der Waals surface area contributed by atoms with Gasteiger partial charge in [0.05, 0.1) is 0 Å². The van der Waals surface area contributed by atoms with Gasteiger partial charge in [-0.05, 0) is 50.1 Å². The number of rotatable bonds is 5. The molecule has 0 bridgehead atoms. The maximum absolute atomic E-state index is 3.52. The fraction of sp³-hybridized carbons (Fsp3) is 1.00. The van der Waals surface area contributed by atoms with E-state index in [2.05, 4.69) is 31.0 Å². The van der Waals surface area contributed by atoms with Crippen LogP contribution in [0.5, 0.6) is 0 Å². The van der Waals surface area contributed by atoms with Crippen LogP contribution in [-0.2, 0) is 0 Å². The first-order valence-corrected chi connectivity index (χ1v) is 8.07. The van der Waals surface area contributed by atoms with Crippen molar-refractivity contribution in [3.05, 3.63) is 0 Å². The van der Waals surface area contributed by atoms with Crippen LogP contribution < -0.4 is 5.32 Å². The predicted molar refractivity (Wildman–Crippen MR) is 78.9 cm³/mol. The Labute approximate surface area is 114 Å². The van der Waals surface area contributed by atoms with E-state index in [4.69, 9.17) is 0 Å². The van der Waals surface area contributed by atoms with E-state index in [0.717, 1.165) is 25.0 Å². The van der Waals surface area contributed by atoms with Gasteiger partial charge in [0, 0.05) is 19.1 Å². The zero-order valence-electron chi connectivity index (χ0n) is 12.7. The van der Waals surface area contributed by atoms with Crippen molar-refractivity contribution in [2.75, 3.05) is 26.2 Å². The number of fused-ring (bicyclic) bond motifs is 1. The Balaban J connectivity index is 1.90. The Hall–Kier alpha value is -0.0800. The first-order chi connectivity index (χ1) is 8.62. The summed E-state index contributed by atoms with van der Waals surface area (Å²) < 4.78 is 0. The van der Waals surface area contributed by atoms with E-state index in [0.29, 0.717) is 5.41 Å². The minimum Gasteiger partial charge on any atom is -0.316 e. The van der Waals surface area contributed by atoms with Crippen molar-refractivity contribution >= 4 is 0 Å². The molecule has 0 radical (unpaired) electrons. The molecule has 1 heterocycles. The third-order valence-electron chi connectivity index (χ3n) is 4.84. The predicted octanol–water partition coefficient (Wildman–Crippen LogP) is 3.28. The van der Waals surface area contributed by atoms with Crippen LogP contribution in [0, 0.1) is 11.3 Å². The first kappa shape index (κ1) is 14.3. The van der Waals surface area contributed by atoms with Crippen LogP contribution in [0.2, 0.25) is 0 Å². The summed E-state index contributed by atoms with van der Waals surface area (Å²) in [5.41, 5.74) is 0.412. The second-order valence-electron chi connectivity index (χ2n) is 7.17. The van der Waals surface area contributed by atoms with Crippen molar-refractivity contribution in [3.8, 4) is 0 Å². The van der Waals surface area contributed by atoms with Crippen LogP contribution in [0.15, 0.2) is 0 Å². The third kappa shape index (κ3) is 3.71. The molecule has 106 valence electrons. The van der Waals surface area contributed by atoms with Crippen LogP contribution in [0.1, 0.15) is 59.3 Å². The largest absolute Gasteiger partial charge is 0.316 e. The molecule has 1 saturated carbocycles. The van der Waals surface area contributed by atoms with Gasteiger partial charge in [0.1, 0.15) is 0 Å². The van der Waals surface area contributed by atoms with Crippen molar-refractivity contribution in [2.24, 2.45) is 11.3 Å². The molecular formula is C16H32N2. The summed E-state index contributed by atoms with van der Waals surface area (Å²) >= 11 is 0. The molecule has 0 spiro atoms. The van der Waals surface area contributed by atoms with E-state index in [1.54, 1.807) is 0 Å². The molecule has 2 rings (SSSR count). The van der Waals surface area contributed by atoms with Crippen molar-refractivity contribution in [2.45, 2.75) is 65.3 Å². The average molecular weight is 252 g/mol. The highest BCUT2D eigenvalue weighted by Gasteiger charge is 2.35. The molecule has 1 aliphatic heterocycles. The molecule has 0 amide bonds. The van der Waals surface area contributed by atoms with Gasteiger partial charge < -0.3 is 5.32 Å². The van der Waals surface area contributed by atoms with E-state index in [1.807, 2.05) is 0 Å². The molecule has 2 heteroatoms. The summed E-state index contributed by atoms with van der Waals surface area (Å²) in [5, 5.41) is 3.52. The normalized spacial score (nSPS) is 30.2. The van der Waals surface area contributed by atoms with E-state index in [-0.39, 0.29) is 0 Å². The molecule has 1 aliphatic carbocycles. The summed E-state index contributed by atoms with van der Waals surface area (Å²) in [7, 11) is 0. The molecule has 2 unspecified atom stereocenters. The average Bonchev–Trinajstić information content (AvgIpc) is 2.37. The summed E-state index contributed by atoms with van der Waals surface area (Å²) in [5.74, 6) is 1.02. The topological polar surface area (TPSA) is 15.3 Å². The van der Waals surface area contributed by atoms with Crippen LogP contribution >= 0.6 is 0 Å². The van der Waals surface area contributed by atoms with E-state index in [1.165, 1.54) is 51.6 Å². The molecule has 1 saturated heterocycles. The van der Waals surface area contributed by atoms with Gasteiger partial charge >= 0.3 is 0 Å². The highest BCUT2D eigenvalue weighted by atomic mass is 15.2. The van der Waals surface area contributed by atoms with Crippen molar-refractivity contribution < 1.29 is 0 Å². The van der Waals surface area contributed by atoms with Gasteiger partial charge in [0.25, 0.3) is 0 Å². The van der Waals surface area contributed by atoms with Crippen molar-refractivity contribution in [1.82, 2.24) is 10.2 Å². The van der Waals surface area contributed by atoms with E-state index >= 15 is 0 Å². The standard InChI is InChI=1S/C16H32N2/c1-4-17-12-16(2,3)13-18-11-7-9-14-8-5-6-10-15(14)18/h14-15,17H,4-13H2,1-3H3. The number of nitrogens with one attached hydrogen (secondary N) is 1. The zero-order chi connectivity index (χ0) is 13.0. The van der Waals surface area contributed by atoms with Gasteiger partial charge in [-0.3, -0.25) is 4.90 Å². The smallest absolute Gasteiger partial charge is 0.0124 e.